The summed E-state index contributed by atoms with van der Waals surface area (Å²) < 4.78 is 5.93. The van der Waals surface area contributed by atoms with Crippen LogP contribution in [-0.2, 0) is 29.3 Å². The van der Waals surface area contributed by atoms with E-state index in [0.29, 0.717) is 25.1 Å². The van der Waals surface area contributed by atoms with Gasteiger partial charge in [-0.2, -0.15) is 0 Å². The van der Waals surface area contributed by atoms with Crippen LogP contribution >= 0.6 is 11.3 Å². The smallest absolute Gasteiger partial charge is 0.256 e. The van der Waals surface area contributed by atoms with E-state index in [9.17, 15) is 14.4 Å². The number of hydrogen-bond donors (Lipinski definition) is 1. The Labute approximate surface area is 173 Å². The molecule has 1 fully saturated rings. The van der Waals surface area contributed by atoms with Crippen LogP contribution in [0.2, 0.25) is 0 Å². The molecule has 1 atom stereocenters. The lowest BCUT2D eigenvalue weighted by Gasteiger charge is -2.29. The molecule has 8 heteroatoms. The minimum absolute atomic E-state index is 0.148. The van der Waals surface area contributed by atoms with Crippen LogP contribution in [0.5, 0.6) is 5.75 Å². The molecule has 1 N–H and O–H groups in total. The Hall–Kier alpha value is -2.71. The maximum Gasteiger partial charge on any atom is 0.256 e. The summed E-state index contributed by atoms with van der Waals surface area (Å²) in [5.74, 6) is -0.0390. The molecule has 1 saturated heterocycles. The summed E-state index contributed by atoms with van der Waals surface area (Å²) in [6.07, 6.45) is 0.627. The molecule has 1 aromatic carbocycles. The zero-order valence-corrected chi connectivity index (χ0v) is 17.3. The topological polar surface area (TPSA) is 79.0 Å². The molecule has 29 heavy (non-hydrogen) atoms. The Morgan fingerprint density at radius 2 is 1.97 bits per heavy atom. The molecule has 0 saturated carbocycles. The number of thiophene rings is 1. The second-order valence-corrected chi connectivity index (χ2v) is 8.59. The van der Waals surface area contributed by atoms with Crippen molar-refractivity contribution in [3.05, 3.63) is 51.2 Å². The van der Waals surface area contributed by atoms with Crippen LogP contribution in [-0.4, -0.2) is 47.7 Å². The molecule has 152 valence electrons. The third-order valence-electron chi connectivity index (χ3n) is 5.18. The van der Waals surface area contributed by atoms with Gasteiger partial charge in [-0.25, -0.2) is 0 Å². The van der Waals surface area contributed by atoms with Crippen LogP contribution < -0.4 is 10.1 Å². The maximum absolute atomic E-state index is 12.8. The van der Waals surface area contributed by atoms with Gasteiger partial charge in [-0.1, -0.05) is 12.1 Å². The van der Waals surface area contributed by atoms with E-state index in [4.69, 9.17) is 4.74 Å². The summed E-state index contributed by atoms with van der Waals surface area (Å²) in [6, 6.07) is 7.40. The molecule has 0 spiro atoms. The molecule has 4 rings (SSSR count). The molecule has 0 bridgehead atoms. The van der Waals surface area contributed by atoms with Crippen LogP contribution in [0, 0.1) is 0 Å². The quantitative estimate of drug-likeness (QED) is 0.734. The van der Waals surface area contributed by atoms with E-state index < -0.39 is 6.04 Å². The standard InChI is InChI=1S/C21H23N3O4S/c1-23(2)9-13-3-5-14(6-4-13)28-11-18-15-10-24(21(27)16(15)12-29-18)17-7-8-19(25)22-20(17)26/h3-6,12,17H,7-11H2,1-2H3,(H,22,25,26)/t17-/m0/s1. The number of carbonyl (C=O) groups excluding carboxylic acids is 3. The highest BCUT2D eigenvalue weighted by Crippen LogP contribution is 2.34. The first-order valence-electron chi connectivity index (χ1n) is 9.52. The van der Waals surface area contributed by atoms with Gasteiger partial charge in [0.1, 0.15) is 18.4 Å². The maximum atomic E-state index is 12.8. The molecule has 0 aliphatic carbocycles. The fraction of sp³-hybridized carbons (Fsp3) is 0.381. The minimum Gasteiger partial charge on any atom is -0.488 e. The van der Waals surface area contributed by atoms with Crippen molar-refractivity contribution in [2.75, 3.05) is 14.1 Å². The molecule has 3 amide bonds. The van der Waals surface area contributed by atoms with Crippen molar-refractivity contribution >= 4 is 29.1 Å². The van der Waals surface area contributed by atoms with E-state index >= 15 is 0 Å². The minimum atomic E-state index is -0.587. The summed E-state index contributed by atoms with van der Waals surface area (Å²) in [5, 5.41) is 4.16. The van der Waals surface area contributed by atoms with Gasteiger partial charge in [-0.15, -0.1) is 11.3 Å². The van der Waals surface area contributed by atoms with E-state index in [0.717, 1.165) is 22.7 Å². The highest BCUT2D eigenvalue weighted by Gasteiger charge is 2.40. The Morgan fingerprint density at radius 1 is 1.21 bits per heavy atom. The predicted molar refractivity (Wildman–Crippen MR) is 109 cm³/mol. The summed E-state index contributed by atoms with van der Waals surface area (Å²) in [6.45, 7) is 1.63. The summed E-state index contributed by atoms with van der Waals surface area (Å²) >= 11 is 1.50. The van der Waals surface area contributed by atoms with Gasteiger partial charge in [-0.3, -0.25) is 19.7 Å². The number of nitrogens with one attached hydrogen (secondary N) is 1. The van der Waals surface area contributed by atoms with E-state index in [-0.39, 0.29) is 24.1 Å². The van der Waals surface area contributed by atoms with Gasteiger partial charge in [0.05, 0.1) is 5.56 Å². The van der Waals surface area contributed by atoms with Crippen LogP contribution in [0.25, 0.3) is 0 Å². The van der Waals surface area contributed by atoms with Gasteiger partial charge in [0, 0.05) is 35.3 Å². The number of piperidine rings is 1. The number of fused-ring (bicyclic) bond motifs is 1. The van der Waals surface area contributed by atoms with Crippen LogP contribution in [0.3, 0.4) is 0 Å². The molecule has 0 radical (unpaired) electrons. The first kappa shape index (κ1) is 19.6. The molecule has 3 heterocycles. The van der Waals surface area contributed by atoms with E-state index in [1.54, 1.807) is 4.90 Å². The molecule has 1 aromatic heterocycles. The Balaban J connectivity index is 1.42. The van der Waals surface area contributed by atoms with Gasteiger partial charge >= 0.3 is 0 Å². The van der Waals surface area contributed by atoms with Gasteiger partial charge in [0.2, 0.25) is 11.8 Å². The molecular weight excluding hydrogens is 390 g/mol. The van der Waals surface area contributed by atoms with Crippen molar-refractivity contribution in [2.24, 2.45) is 0 Å². The van der Waals surface area contributed by atoms with Gasteiger partial charge in [0.25, 0.3) is 5.91 Å². The SMILES string of the molecule is CN(C)Cc1ccc(OCc2scc3c2CN([C@H]2CCC(=O)NC2=O)C3=O)cc1. The largest absolute Gasteiger partial charge is 0.488 e. The van der Waals surface area contributed by atoms with Crippen LogP contribution in [0.15, 0.2) is 29.6 Å². The summed E-state index contributed by atoms with van der Waals surface area (Å²) in [4.78, 5) is 40.9. The van der Waals surface area contributed by atoms with Crippen molar-refractivity contribution in [1.82, 2.24) is 15.1 Å². The fourth-order valence-corrected chi connectivity index (χ4v) is 4.68. The second kappa shape index (κ2) is 7.96. The first-order chi connectivity index (χ1) is 13.9. The zero-order valence-electron chi connectivity index (χ0n) is 16.4. The number of rotatable bonds is 6. The van der Waals surface area contributed by atoms with Crippen molar-refractivity contribution in [1.29, 1.82) is 0 Å². The molecular formula is C21H23N3O4S. The van der Waals surface area contributed by atoms with Crippen LogP contribution in [0.1, 0.15) is 39.2 Å². The number of ether oxygens (including phenoxy) is 1. The molecule has 2 aromatic rings. The number of imide groups is 1. The second-order valence-electron chi connectivity index (χ2n) is 7.62. The third-order valence-corrected chi connectivity index (χ3v) is 6.18. The zero-order chi connectivity index (χ0) is 20.5. The van der Waals surface area contributed by atoms with Crippen LogP contribution in [0.4, 0.5) is 0 Å². The molecule has 2 aliphatic rings. The lowest BCUT2D eigenvalue weighted by atomic mass is 10.0. The Kier molecular flexibility index (Phi) is 5.38. The van der Waals surface area contributed by atoms with Crippen molar-refractivity contribution in [2.45, 2.75) is 38.6 Å². The Morgan fingerprint density at radius 3 is 2.66 bits per heavy atom. The lowest BCUT2D eigenvalue weighted by Crippen LogP contribution is -2.52. The van der Waals surface area contributed by atoms with E-state index in [1.807, 2.05) is 43.7 Å². The Bertz CT molecular complexity index is 951. The number of nitrogens with zero attached hydrogens (tertiary/aromatic N) is 2. The third kappa shape index (κ3) is 4.04. The van der Waals surface area contributed by atoms with Gasteiger partial charge in [0.15, 0.2) is 0 Å². The molecule has 7 nitrogen and oxygen atoms in total. The highest BCUT2D eigenvalue weighted by molar-refractivity contribution is 7.10. The van der Waals surface area contributed by atoms with E-state index in [2.05, 4.69) is 10.2 Å². The van der Waals surface area contributed by atoms with Gasteiger partial charge < -0.3 is 14.5 Å². The molecule has 2 aliphatic heterocycles. The van der Waals surface area contributed by atoms with Crippen molar-refractivity contribution in [3.8, 4) is 5.75 Å². The first-order valence-corrected chi connectivity index (χ1v) is 10.4. The highest BCUT2D eigenvalue weighted by atomic mass is 32.1. The number of benzene rings is 1. The summed E-state index contributed by atoms with van der Waals surface area (Å²) in [7, 11) is 4.06. The number of hydrogen-bond acceptors (Lipinski definition) is 6. The van der Waals surface area contributed by atoms with Crippen molar-refractivity contribution in [3.63, 3.8) is 0 Å². The van der Waals surface area contributed by atoms with Gasteiger partial charge in [-0.05, 0) is 38.2 Å². The summed E-state index contributed by atoms with van der Waals surface area (Å²) in [5.41, 5.74) is 2.78. The lowest BCUT2D eigenvalue weighted by molar-refractivity contribution is -0.136. The number of amides is 3. The average Bonchev–Trinajstić information content (AvgIpc) is 3.21. The van der Waals surface area contributed by atoms with E-state index in [1.165, 1.54) is 16.9 Å². The monoisotopic (exact) mass is 413 g/mol. The average molecular weight is 413 g/mol. The van der Waals surface area contributed by atoms with Crippen molar-refractivity contribution < 1.29 is 19.1 Å². The fourth-order valence-electron chi connectivity index (χ4n) is 3.73. The predicted octanol–water partition coefficient (Wildman–Crippen LogP) is 2.15. The number of carbonyl (C=O) groups is 3. The molecule has 0 unspecified atom stereocenters. The normalized spacial score (nSPS) is 18.9.